The summed E-state index contributed by atoms with van der Waals surface area (Å²) in [5.41, 5.74) is 6.34. The summed E-state index contributed by atoms with van der Waals surface area (Å²) in [5, 5.41) is 1.42. The van der Waals surface area contributed by atoms with Crippen LogP contribution < -0.4 is 10.5 Å². The molecule has 0 spiro atoms. The number of nitrogen functional groups attached to an aromatic ring is 1. The summed E-state index contributed by atoms with van der Waals surface area (Å²) in [6.45, 7) is 0.668. The topological polar surface area (TPSA) is 35.2 Å². The number of thioether (sulfide) groups is 1. The Kier molecular flexibility index (Phi) is 5.89. The highest BCUT2D eigenvalue weighted by Crippen LogP contribution is 2.29. The summed E-state index contributed by atoms with van der Waals surface area (Å²) in [6, 6.07) is 13.0. The molecule has 0 atom stereocenters. The van der Waals surface area contributed by atoms with E-state index >= 15 is 0 Å². The van der Waals surface area contributed by atoms with Crippen LogP contribution in [0.15, 0.2) is 47.4 Å². The van der Waals surface area contributed by atoms with Gasteiger partial charge in [0.15, 0.2) is 0 Å². The Morgan fingerprint density at radius 3 is 2.50 bits per heavy atom. The third-order valence-corrected chi connectivity index (χ3v) is 4.42. The molecule has 0 heterocycles. The van der Waals surface area contributed by atoms with Crippen molar-refractivity contribution in [2.45, 2.75) is 11.3 Å². The van der Waals surface area contributed by atoms with Crippen molar-refractivity contribution >= 4 is 40.7 Å². The molecule has 20 heavy (non-hydrogen) atoms. The van der Waals surface area contributed by atoms with Crippen LogP contribution in [-0.2, 0) is 0 Å². The molecular weight excluding hydrogens is 313 g/mol. The first-order valence-electron chi connectivity index (χ1n) is 6.21. The molecule has 0 saturated heterocycles. The van der Waals surface area contributed by atoms with Gasteiger partial charge in [-0.05, 0) is 48.9 Å². The first kappa shape index (κ1) is 15.4. The summed E-state index contributed by atoms with van der Waals surface area (Å²) in [5.74, 6) is 1.78. The number of halogens is 2. The van der Waals surface area contributed by atoms with E-state index in [-0.39, 0.29) is 0 Å². The average molecular weight is 328 g/mol. The van der Waals surface area contributed by atoms with Gasteiger partial charge in [-0.2, -0.15) is 0 Å². The average Bonchev–Trinajstić information content (AvgIpc) is 2.42. The van der Waals surface area contributed by atoms with Gasteiger partial charge in [0.05, 0.1) is 11.6 Å². The highest BCUT2D eigenvalue weighted by molar-refractivity contribution is 7.99. The van der Waals surface area contributed by atoms with Crippen molar-refractivity contribution < 1.29 is 4.74 Å². The predicted molar refractivity (Wildman–Crippen MR) is 88.2 cm³/mol. The van der Waals surface area contributed by atoms with Gasteiger partial charge in [0.1, 0.15) is 5.75 Å². The molecule has 2 aromatic rings. The van der Waals surface area contributed by atoms with E-state index in [2.05, 4.69) is 0 Å². The quantitative estimate of drug-likeness (QED) is 0.453. The second kappa shape index (κ2) is 7.67. The molecule has 2 aromatic carbocycles. The van der Waals surface area contributed by atoms with E-state index in [1.54, 1.807) is 17.8 Å². The minimum Gasteiger partial charge on any atom is -0.494 e. The van der Waals surface area contributed by atoms with Gasteiger partial charge < -0.3 is 10.5 Å². The maximum atomic E-state index is 6.11. The second-order valence-electron chi connectivity index (χ2n) is 4.19. The summed E-state index contributed by atoms with van der Waals surface area (Å²) < 4.78 is 5.62. The molecule has 2 rings (SSSR count). The van der Waals surface area contributed by atoms with E-state index < -0.39 is 0 Å². The molecule has 0 radical (unpaired) electrons. The van der Waals surface area contributed by atoms with E-state index in [9.17, 15) is 0 Å². The van der Waals surface area contributed by atoms with Gasteiger partial charge in [-0.1, -0.05) is 23.2 Å². The summed E-state index contributed by atoms with van der Waals surface area (Å²) in [7, 11) is 0. The molecule has 106 valence electrons. The van der Waals surface area contributed by atoms with Crippen molar-refractivity contribution in [3.05, 3.63) is 52.5 Å². The predicted octanol–water partition coefficient (Wildman–Crippen LogP) is 5.14. The zero-order chi connectivity index (χ0) is 14.4. The molecule has 0 unspecified atom stereocenters. The molecule has 0 fully saturated rings. The molecule has 0 aliphatic heterocycles. The van der Waals surface area contributed by atoms with E-state index in [0.717, 1.165) is 22.8 Å². The second-order valence-corrected chi connectivity index (χ2v) is 6.17. The SMILES string of the molecule is Nc1ccc(SCCCOc2ccc(Cl)cc2)c(Cl)c1. The Bertz CT molecular complexity index is 560. The van der Waals surface area contributed by atoms with Crippen LogP contribution in [0.3, 0.4) is 0 Å². The summed E-state index contributed by atoms with van der Waals surface area (Å²) in [6.07, 6.45) is 0.938. The Morgan fingerprint density at radius 1 is 1.05 bits per heavy atom. The molecule has 0 amide bonds. The monoisotopic (exact) mass is 327 g/mol. The van der Waals surface area contributed by atoms with Crippen molar-refractivity contribution in [3.63, 3.8) is 0 Å². The normalized spacial score (nSPS) is 10.5. The zero-order valence-corrected chi connectivity index (χ0v) is 13.1. The number of anilines is 1. The Labute approximate surface area is 133 Å². The molecule has 0 aliphatic rings. The zero-order valence-electron chi connectivity index (χ0n) is 10.8. The van der Waals surface area contributed by atoms with Crippen LogP contribution in [0, 0.1) is 0 Å². The van der Waals surface area contributed by atoms with E-state index in [1.807, 2.05) is 36.4 Å². The minimum atomic E-state index is 0.668. The number of hydrogen-bond donors (Lipinski definition) is 1. The van der Waals surface area contributed by atoms with Crippen LogP contribution in [0.25, 0.3) is 0 Å². The largest absolute Gasteiger partial charge is 0.494 e. The molecule has 2 nitrogen and oxygen atoms in total. The fraction of sp³-hybridized carbons (Fsp3) is 0.200. The third kappa shape index (κ3) is 4.82. The van der Waals surface area contributed by atoms with Crippen LogP contribution in [0.1, 0.15) is 6.42 Å². The highest BCUT2D eigenvalue weighted by atomic mass is 35.5. The van der Waals surface area contributed by atoms with Gasteiger partial charge >= 0.3 is 0 Å². The van der Waals surface area contributed by atoms with E-state index in [0.29, 0.717) is 22.3 Å². The lowest BCUT2D eigenvalue weighted by atomic mass is 10.3. The van der Waals surface area contributed by atoms with Gasteiger partial charge in [0, 0.05) is 21.4 Å². The maximum Gasteiger partial charge on any atom is 0.119 e. The number of ether oxygens (including phenoxy) is 1. The fourth-order valence-corrected chi connectivity index (χ4v) is 2.92. The molecule has 0 bridgehead atoms. The van der Waals surface area contributed by atoms with Crippen LogP contribution in [0.2, 0.25) is 10.0 Å². The molecule has 5 heteroatoms. The van der Waals surface area contributed by atoms with Crippen molar-refractivity contribution in [1.29, 1.82) is 0 Å². The number of rotatable bonds is 6. The van der Waals surface area contributed by atoms with Gasteiger partial charge in [0.25, 0.3) is 0 Å². The first-order chi connectivity index (χ1) is 9.65. The van der Waals surface area contributed by atoms with Gasteiger partial charge in [-0.15, -0.1) is 11.8 Å². The summed E-state index contributed by atoms with van der Waals surface area (Å²) in [4.78, 5) is 1.05. The van der Waals surface area contributed by atoms with E-state index in [4.69, 9.17) is 33.7 Å². The molecular formula is C15H15Cl2NOS. The van der Waals surface area contributed by atoms with Gasteiger partial charge in [-0.25, -0.2) is 0 Å². The highest BCUT2D eigenvalue weighted by Gasteiger charge is 2.01. The molecule has 0 saturated carbocycles. The first-order valence-corrected chi connectivity index (χ1v) is 7.95. The maximum absolute atomic E-state index is 6.11. The summed E-state index contributed by atoms with van der Waals surface area (Å²) >= 11 is 13.6. The van der Waals surface area contributed by atoms with Crippen molar-refractivity contribution in [1.82, 2.24) is 0 Å². The Hall–Kier alpha value is -1.03. The van der Waals surface area contributed by atoms with Crippen LogP contribution in [0.4, 0.5) is 5.69 Å². The van der Waals surface area contributed by atoms with Crippen LogP contribution in [0.5, 0.6) is 5.75 Å². The lowest BCUT2D eigenvalue weighted by molar-refractivity contribution is 0.319. The standard InChI is InChI=1S/C15H15Cl2NOS/c16-11-2-5-13(6-3-11)19-8-1-9-20-15-7-4-12(18)10-14(15)17/h2-7,10H,1,8-9,18H2. The lowest BCUT2D eigenvalue weighted by Gasteiger charge is -2.07. The smallest absolute Gasteiger partial charge is 0.119 e. The number of hydrogen-bond acceptors (Lipinski definition) is 3. The number of benzene rings is 2. The number of nitrogens with two attached hydrogens (primary N) is 1. The minimum absolute atomic E-state index is 0.668. The molecule has 0 aromatic heterocycles. The van der Waals surface area contributed by atoms with Crippen molar-refractivity contribution in [2.75, 3.05) is 18.1 Å². The Balaban J connectivity index is 1.70. The lowest BCUT2D eigenvalue weighted by Crippen LogP contribution is -1.98. The Morgan fingerprint density at radius 2 is 1.80 bits per heavy atom. The van der Waals surface area contributed by atoms with Gasteiger partial charge in [-0.3, -0.25) is 0 Å². The van der Waals surface area contributed by atoms with Crippen LogP contribution >= 0.6 is 35.0 Å². The molecule has 2 N–H and O–H groups in total. The third-order valence-electron chi connectivity index (χ3n) is 2.58. The molecule has 0 aliphatic carbocycles. The fourth-order valence-electron chi connectivity index (χ4n) is 1.60. The van der Waals surface area contributed by atoms with Gasteiger partial charge in [0.2, 0.25) is 0 Å². The van der Waals surface area contributed by atoms with E-state index in [1.165, 1.54) is 0 Å². The van der Waals surface area contributed by atoms with Crippen molar-refractivity contribution in [3.8, 4) is 5.75 Å². The van der Waals surface area contributed by atoms with Crippen LogP contribution in [-0.4, -0.2) is 12.4 Å². The van der Waals surface area contributed by atoms with Crippen molar-refractivity contribution in [2.24, 2.45) is 0 Å².